The Kier molecular flexibility index (Phi) is 3.53. The van der Waals surface area contributed by atoms with Crippen LogP contribution < -0.4 is 5.32 Å². The van der Waals surface area contributed by atoms with Gasteiger partial charge in [0, 0.05) is 16.4 Å². The van der Waals surface area contributed by atoms with Crippen LogP contribution in [0.2, 0.25) is 0 Å². The van der Waals surface area contributed by atoms with Gasteiger partial charge in [0.25, 0.3) is 0 Å². The van der Waals surface area contributed by atoms with Gasteiger partial charge in [0.2, 0.25) is 5.91 Å². The van der Waals surface area contributed by atoms with Crippen molar-refractivity contribution in [2.24, 2.45) is 17.3 Å². The second kappa shape index (κ2) is 5.34. The van der Waals surface area contributed by atoms with Gasteiger partial charge < -0.3 is 5.32 Å². The summed E-state index contributed by atoms with van der Waals surface area (Å²) in [5.74, 6) is 1.69. The molecule has 0 saturated heterocycles. The first kappa shape index (κ1) is 15.2. The highest BCUT2D eigenvalue weighted by Gasteiger charge is 2.57. The van der Waals surface area contributed by atoms with Crippen molar-refractivity contribution < 1.29 is 4.79 Å². The Morgan fingerprint density at radius 3 is 2.70 bits per heavy atom. The van der Waals surface area contributed by atoms with Crippen molar-refractivity contribution in [2.75, 3.05) is 5.32 Å². The number of nitriles is 1. The van der Waals surface area contributed by atoms with Crippen molar-refractivity contribution in [1.82, 2.24) is 0 Å². The Bertz CT molecular complexity index is 679. The van der Waals surface area contributed by atoms with E-state index in [0.717, 1.165) is 23.9 Å². The first-order valence-electron chi connectivity index (χ1n) is 8.47. The number of halogens is 1. The lowest BCUT2D eigenvalue weighted by Gasteiger charge is -2.60. The largest absolute Gasteiger partial charge is 0.326 e. The molecule has 0 aromatic heterocycles. The monoisotopic (exact) mass is 372 g/mol. The van der Waals surface area contributed by atoms with E-state index in [-0.39, 0.29) is 15.6 Å². The lowest BCUT2D eigenvalue weighted by Crippen LogP contribution is -2.53. The zero-order chi connectivity index (χ0) is 16.1. The number of benzene rings is 1. The van der Waals surface area contributed by atoms with Gasteiger partial charge in [-0.25, -0.2) is 0 Å². The smallest absolute Gasteiger partial charge is 0.224 e. The molecular formula is C19H21BrN2O. The number of hydrogen-bond acceptors (Lipinski definition) is 2. The number of nitrogens with zero attached hydrogens (tertiary/aromatic N) is 1. The van der Waals surface area contributed by atoms with E-state index in [4.69, 9.17) is 5.26 Å². The molecule has 0 unspecified atom stereocenters. The number of carbonyl (C=O) groups is 1. The van der Waals surface area contributed by atoms with Crippen LogP contribution in [0.1, 0.15) is 50.5 Å². The van der Waals surface area contributed by atoms with E-state index < -0.39 is 0 Å². The van der Waals surface area contributed by atoms with Crippen LogP contribution in [0, 0.1) is 28.6 Å². The topological polar surface area (TPSA) is 52.9 Å². The summed E-state index contributed by atoms with van der Waals surface area (Å²) in [5, 5.41) is 12.0. The predicted molar refractivity (Wildman–Crippen MR) is 93.2 cm³/mol. The fourth-order valence-corrected chi connectivity index (χ4v) is 7.27. The van der Waals surface area contributed by atoms with Gasteiger partial charge in [-0.3, -0.25) is 4.79 Å². The summed E-state index contributed by atoms with van der Waals surface area (Å²) in [4.78, 5) is 12.6. The number of carbonyl (C=O) groups excluding carboxylic acids is 1. The molecule has 4 heteroatoms. The predicted octanol–water partition coefficient (Wildman–Crippen LogP) is 4.62. The summed E-state index contributed by atoms with van der Waals surface area (Å²) in [6.07, 6.45) is 8.11. The number of alkyl halides is 1. The molecule has 4 fully saturated rings. The summed E-state index contributed by atoms with van der Waals surface area (Å²) in [7, 11) is 0. The maximum atomic E-state index is 12.6. The van der Waals surface area contributed by atoms with E-state index >= 15 is 0 Å². The second-order valence-electron chi connectivity index (χ2n) is 8.03. The molecule has 0 heterocycles. The van der Waals surface area contributed by atoms with Crippen LogP contribution in [0.15, 0.2) is 24.3 Å². The third-order valence-corrected chi connectivity index (χ3v) is 6.85. The van der Waals surface area contributed by atoms with Crippen LogP contribution in [-0.4, -0.2) is 10.2 Å². The summed E-state index contributed by atoms with van der Waals surface area (Å²) in [5.41, 5.74) is 1.49. The molecule has 4 bridgehead atoms. The lowest BCUT2D eigenvalue weighted by atomic mass is 9.48. The number of rotatable bonds is 3. The zero-order valence-electron chi connectivity index (χ0n) is 13.1. The van der Waals surface area contributed by atoms with Gasteiger partial charge in [-0.1, -0.05) is 22.0 Å². The molecule has 0 spiro atoms. The van der Waals surface area contributed by atoms with Crippen molar-refractivity contribution in [1.29, 1.82) is 5.26 Å². The highest BCUT2D eigenvalue weighted by Crippen LogP contribution is 2.65. The summed E-state index contributed by atoms with van der Waals surface area (Å²) in [6.45, 7) is 0. The third-order valence-electron chi connectivity index (χ3n) is 5.92. The Morgan fingerprint density at radius 1 is 1.30 bits per heavy atom. The maximum Gasteiger partial charge on any atom is 0.224 e. The van der Waals surface area contributed by atoms with Crippen molar-refractivity contribution in [3.05, 3.63) is 29.8 Å². The number of anilines is 1. The molecule has 4 aliphatic carbocycles. The summed E-state index contributed by atoms with van der Waals surface area (Å²) < 4.78 is 0.290. The number of hydrogen-bond donors (Lipinski definition) is 1. The molecule has 2 atom stereocenters. The summed E-state index contributed by atoms with van der Waals surface area (Å²) in [6, 6.07) is 9.27. The molecule has 3 nitrogen and oxygen atoms in total. The molecule has 23 heavy (non-hydrogen) atoms. The molecule has 4 saturated carbocycles. The molecular weight excluding hydrogens is 352 g/mol. The van der Waals surface area contributed by atoms with E-state index in [1.54, 1.807) is 12.1 Å². The normalized spacial score (nSPS) is 37.4. The van der Waals surface area contributed by atoms with Crippen molar-refractivity contribution in [3.63, 3.8) is 0 Å². The Hall–Kier alpha value is -1.34. The van der Waals surface area contributed by atoms with Crippen molar-refractivity contribution in [2.45, 2.75) is 49.3 Å². The van der Waals surface area contributed by atoms with Crippen LogP contribution in [0.25, 0.3) is 0 Å². The van der Waals surface area contributed by atoms with Gasteiger partial charge in [0.15, 0.2) is 0 Å². The van der Waals surface area contributed by atoms with Crippen molar-refractivity contribution >= 4 is 27.5 Å². The van der Waals surface area contributed by atoms with E-state index in [1.165, 1.54) is 32.1 Å². The lowest BCUT2D eigenvalue weighted by molar-refractivity contribution is -0.123. The van der Waals surface area contributed by atoms with Gasteiger partial charge in [0.05, 0.1) is 11.6 Å². The summed E-state index contributed by atoms with van der Waals surface area (Å²) >= 11 is 4.00. The minimum Gasteiger partial charge on any atom is -0.326 e. The molecule has 0 aliphatic heterocycles. The van der Waals surface area contributed by atoms with Gasteiger partial charge in [0.1, 0.15) is 0 Å². The van der Waals surface area contributed by atoms with Crippen LogP contribution in [0.5, 0.6) is 0 Å². The SMILES string of the molecule is N#Cc1cccc(NC(=O)CC23C[C@H]4C[C@@H](CC(Br)(C4)C2)C3)c1. The number of nitrogens with one attached hydrogen (secondary N) is 1. The Labute approximate surface area is 145 Å². The molecule has 5 rings (SSSR count). The minimum atomic E-state index is 0.0955. The molecule has 0 radical (unpaired) electrons. The van der Waals surface area contributed by atoms with Crippen LogP contribution in [0.4, 0.5) is 5.69 Å². The van der Waals surface area contributed by atoms with Gasteiger partial charge in [-0.2, -0.15) is 5.26 Å². The second-order valence-corrected chi connectivity index (χ2v) is 9.71. The Morgan fingerprint density at radius 2 is 2.04 bits per heavy atom. The highest BCUT2D eigenvalue weighted by molar-refractivity contribution is 9.10. The average molecular weight is 373 g/mol. The Balaban J connectivity index is 1.47. The standard InChI is InChI=1S/C19H21BrN2O/c20-19-8-14-4-15(9-19)7-18(6-14,12-19)10-17(23)22-16-3-1-2-13(5-16)11-21/h1-3,5,14-15H,4,6-10,12H2,(H,22,23)/t14-,15-,18?,19?/m1/s1. The molecule has 1 N–H and O–H groups in total. The van der Waals surface area contributed by atoms with E-state index in [1.807, 2.05) is 12.1 Å². The van der Waals surface area contributed by atoms with E-state index in [2.05, 4.69) is 27.3 Å². The molecule has 1 aromatic rings. The number of amides is 1. The quantitative estimate of drug-likeness (QED) is 0.786. The first-order chi connectivity index (χ1) is 11.0. The van der Waals surface area contributed by atoms with Gasteiger partial charge >= 0.3 is 0 Å². The van der Waals surface area contributed by atoms with E-state index in [0.29, 0.717) is 12.0 Å². The van der Waals surface area contributed by atoms with Crippen LogP contribution >= 0.6 is 15.9 Å². The minimum absolute atomic E-state index is 0.0955. The first-order valence-corrected chi connectivity index (χ1v) is 9.26. The maximum absolute atomic E-state index is 12.6. The van der Waals surface area contributed by atoms with Crippen LogP contribution in [-0.2, 0) is 4.79 Å². The van der Waals surface area contributed by atoms with E-state index in [9.17, 15) is 4.79 Å². The molecule has 120 valence electrons. The van der Waals surface area contributed by atoms with Crippen LogP contribution in [0.3, 0.4) is 0 Å². The zero-order valence-corrected chi connectivity index (χ0v) is 14.7. The average Bonchev–Trinajstić information content (AvgIpc) is 2.43. The fourth-order valence-electron chi connectivity index (χ4n) is 5.76. The third kappa shape index (κ3) is 2.92. The molecule has 1 aromatic carbocycles. The van der Waals surface area contributed by atoms with Crippen molar-refractivity contribution in [3.8, 4) is 6.07 Å². The van der Waals surface area contributed by atoms with Gasteiger partial charge in [-0.05, 0) is 74.0 Å². The van der Waals surface area contributed by atoms with Gasteiger partial charge in [-0.15, -0.1) is 0 Å². The molecule has 4 aliphatic rings. The molecule has 1 amide bonds. The fraction of sp³-hybridized carbons (Fsp3) is 0.579. The highest BCUT2D eigenvalue weighted by atomic mass is 79.9.